The number of nitrogens with one attached hydrogen (secondary N) is 1. The molecule has 6 nitrogen and oxygen atoms in total. The molecular weight excluding hydrogens is 343 g/mol. The van der Waals surface area contributed by atoms with E-state index < -0.39 is 18.3 Å². The first-order valence-electron chi connectivity index (χ1n) is 5.34. The Morgan fingerprint density at radius 3 is 2.60 bits per heavy atom. The van der Waals surface area contributed by atoms with E-state index in [0.29, 0.717) is 10.4 Å². The first kappa shape index (κ1) is 14.6. The van der Waals surface area contributed by atoms with Crippen LogP contribution in [-0.4, -0.2) is 25.7 Å². The van der Waals surface area contributed by atoms with E-state index in [9.17, 15) is 18.0 Å². The van der Waals surface area contributed by atoms with Crippen molar-refractivity contribution >= 4 is 27.3 Å². The first-order chi connectivity index (χ1) is 9.26. The second-order valence-electron chi connectivity index (χ2n) is 3.98. The summed E-state index contributed by atoms with van der Waals surface area (Å²) >= 11 is 2.97. The zero-order valence-corrected chi connectivity index (χ0v) is 11.7. The summed E-state index contributed by atoms with van der Waals surface area (Å²) in [5.41, 5.74) is -0.0133. The monoisotopic (exact) mass is 351 g/mol. The molecule has 0 aromatic carbocycles. The highest BCUT2D eigenvalue weighted by atomic mass is 79.9. The first-order valence-corrected chi connectivity index (χ1v) is 6.13. The maximum Gasteiger partial charge on any atom is 0.408 e. The lowest BCUT2D eigenvalue weighted by Gasteiger charge is -2.10. The predicted molar refractivity (Wildman–Crippen MR) is 68.7 cm³/mol. The Balaban J connectivity index is 2.29. The Labute approximate surface area is 119 Å². The summed E-state index contributed by atoms with van der Waals surface area (Å²) in [6.45, 7) is -1.43. The van der Waals surface area contributed by atoms with Crippen LogP contribution in [0.3, 0.4) is 0 Å². The topological polar surface area (TPSA) is 64.7 Å². The number of hydrogen-bond donors (Lipinski definition) is 1. The number of rotatable bonds is 3. The molecule has 0 amide bonds. The molecule has 0 aliphatic heterocycles. The van der Waals surface area contributed by atoms with Gasteiger partial charge in [-0.25, -0.2) is 4.68 Å². The summed E-state index contributed by atoms with van der Waals surface area (Å²) in [5.74, 6) is 0. The molecule has 0 bridgehead atoms. The molecule has 0 fully saturated rings. The molecule has 0 atom stereocenters. The van der Waals surface area contributed by atoms with Crippen molar-refractivity contribution in [2.75, 3.05) is 5.32 Å². The lowest BCUT2D eigenvalue weighted by Crippen LogP contribution is -2.30. The summed E-state index contributed by atoms with van der Waals surface area (Å²) in [6, 6.07) is 0. The predicted octanol–water partition coefficient (Wildman–Crippen LogP) is 2.05. The fourth-order valence-corrected chi connectivity index (χ4v) is 1.88. The van der Waals surface area contributed by atoms with Crippen LogP contribution in [0.1, 0.15) is 0 Å². The van der Waals surface area contributed by atoms with Gasteiger partial charge in [0.15, 0.2) is 0 Å². The standard InChI is InChI=1S/C10H9BrF3N5O/c1-18-4-6(2-15-18)17-7-3-16-19(5-10(12,13)14)9(20)8(7)11/h2-4,17H,5H2,1H3. The minimum Gasteiger partial charge on any atom is -0.351 e. The van der Waals surface area contributed by atoms with Gasteiger partial charge in [0.05, 0.1) is 23.8 Å². The molecule has 2 aromatic rings. The van der Waals surface area contributed by atoms with Crippen molar-refractivity contribution in [3.8, 4) is 0 Å². The average molecular weight is 352 g/mol. The van der Waals surface area contributed by atoms with Crippen LogP contribution in [-0.2, 0) is 13.6 Å². The Hall–Kier alpha value is -1.84. The summed E-state index contributed by atoms with van der Waals surface area (Å²) in [6.07, 6.45) is -0.208. The highest BCUT2D eigenvalue weighted by Crippen LogP contribution is 2.22. The number of nitrogens with zero attached hydrogens (tertiary/aromatic N) is 4. The SMILES string of the molecule is Cn1cc(Nc2cnn(CC(F)(F)F)c(=O)c2Br)cn1. The van der Waals surface area contributed by atoms with E-state index in [1.165, 1.54) is 10.9 Å². The Morgan fingerprint density at radius 1 is 1.35 bits per heavy atom. The lowest BCUT2D eigenvalue weighted by molar-refractivity contribution is -0.143. The number of aryl methyl sites for hydroxylation is 1. The Morgan fingerprint density at radius 2 is 2.05 bits per heavy atom. The van der Waals surface area contributed by atoms with Gasteiger partial charge in [-0.05, 0) is 15.9 Å². The number of alkyl halides is 3. The molecule has 2 rings (SSSR count). The van der Waals surface area contributed by atoms with Crippen molar-refractivity contribution in [1.82, 2.24) is 19.6 Å². The number of halogens is 4. The van der Waals surface area contributed by atoms with Gasteiger partial charge >= 0.3 is 6.18 Å². The molecule has 0 unspecified atom stereocenters. The summed E-state index contributed by atoms with van der Waals surface area (Å²) in [4.78, 5) is 11.8. The fraction of sp³-hybridized carbons (Fsp3) is 0.300. The molecule has 0 spiro atoms. The van der Waals surface area contributed by atoms with Crippen LogP contribution < -0.4 is 10.9 Å². The van der Waals surface area contributed by atoms with Crippen LogP contribution in [0.15, 0.2) is 27.9 Å². The quantitative estimate of drug-likeness (QED) is 0.918. The molecular formula is C10H9BrF3N5O. The molecule has 0 aliphatic rings. The van der Waals surface area contributed by atoms with Gasteiger partial charge in [-0.15, -0.1) is 0 Å². The zero-order valence-electron chi connectivity index (χ0n) is 10.1. The third-order valence-electron chi connectivity index (χ3n) is 2.30. The van der Waals surface area contributed by atoms with Crippen molar-refractivity contribution in [2.24, 2.45) is 7.05 Å². The second-order valence-corrected chi connectivity index (χ2v) is 4.77. The van der Waals surface area contributed by atoms with Gasteiger partial charge in [0, 0.05) is 13.2 Å². The Bertz CT molecular complexity index is 678. The van der Waals surface area contributed by atoms with Gasteiger partial charge in [0.25, 0.3) is 5.56 Å². The molecule has 0 radical (unpaired) electrons. The number of aromatic nitrogens is 4. The minimum absolute atomic E-state index is 0.0272. The van der Waals surface area contributed by atoms with Crippen LogP contribution in [0.25, 0.3) is 0 Å². The van der Waals surface area contributed by atoms with Crippen LogP contribution in [0.2, 0.25) is 0 Å². The van der Waals surface area contributed by atoms with E-state index in [1.807, 2.05) is 0 Å². The third-order valence-corrected chi connectivity index (χ3v) is 3.06. The van der Waals surface area contributed by atoms with E-state index >= 15 is 0 Å². The smallest absolute Gasteiger partial charge is 0.351 e. The minimum atomic E-state index is -4.51. The van der Waals surface area contributed by atoms with Gasteiger partial charge in [0.2, 0.25) is 0 Å². The van der Waals surface area contributed by atoms with Crippen molar-refractivity contribution in [3.05, 3.63) is 33.4 Å². The molecule has 2 heterocycles. The van der Waals surface area contributed by atoms with E-state index in [0.717, 1.165) is 6.20 Å². The largest absolute Gasteiger partial charge is 0.408 e. The van der Waals surface area contributed by atoms with Gasteiger partial charge < -0.3 is 5.32 Å². The van der Waals surface area contributed by atoms with Gasteiger partial charge in [0.1, 0.15) is 11.0 Å². The van der Waals surface area contributed by atoms with E-state index in [1.54, 1.807) is 13.2 Å². The van der Waals surface area contributed by atoms with Gasteiger partial charge in [-0.2, -0.15) is 23.4 Å². The fourth-order valence-electron chi connectivity index (χ4n) is 1.48. The number of anilines is 2. The maximum atomic E-state index is 12.3. The summed E-state index contributed by atoms with van der Waals surface area (Å²) in [7, 11) is 1.71. The molecule has 0 saturated heterocycles. The third kappa shape index (κ3) is 3.38. The van der Waals surface area contributed by atoms with E-state index in [2.05, 4.69) is 31.4 Å². The van der Waals surface area contributed by atoms with Crippen LogP contribution in [0, 0.1) is 0 Å². The molecule has 2 aromatic heterocycles. The van der Waals surface area contributed by atoms with Crippen LogP contribution in [0.5, 0.6) is 0 Å². The molecule has 0 saturated carbocycles. The molecule has 10 heteroatoms. The van der Waals surface area contributed by atoms with Gasteiger partial charge in [-0.1, -0.05) is 0 Å². The van der Waals surface area contributed by atoms with E-state index in [4.69, 9.17) is 0 Å². The summed E-state index contributed by atoms with van der Waals surface area (Å²) < 4.78 is 38.6. The number of hydrogen-bond acceptors (Lipinski definition) is 4. The van der Waals surface area contributed by atoms with Gasteiger partial charge in [-0.3, -0.25) is 9.48 Å². The maximum absolute atomic E-state index is 12.3. The van der Waals surface area contributed by atoms with Crippen molar-refractivity contribution in [3.63, 3.8) is 0 Å². The zero-order chi connectivity index (χ0) is 14.9. The molecule has 1 N–H and O–H groups in total. The van der Waals surface area contributed by atoms with E-state index in [-0.39, 0.29) is 10.2 Å². The van der Waals surface area contributed by atoms with Crippen LogP contribution >= 0.6 is 15.9 Å². The second kappa shape index (κ2) is 5.27. The highest BCUT2D eigenvalue weighted by molar-refractivity contribution is 9.10. The van der Waals surface area contributed by atoms with Crippen molar-refractivity contribution in [1.29, 1.82) is 0 Å². The highest BCUT2D eigenvalue weighted by Gasteiger charge is 2.29. The Kier molecular flexibility index (Phi) is 3.84. The average Bonchev–Trinajstić information content (AvgIpc) is 2.73. The lowest BCUT2D eigenvalue weighted by atomic mass is 10.4. The van der Waals surface area contributed by atoms with Crippen molar-refractivity contribution < 1.29 is 13.2 Å². The molecule has 108 valence electrons. The summed E-state index contributed by atoms with van der Waals surface area (Å²) in [5, 5.41) is 10.2. The normalized spacial score (nSPS) is 11.7. The molecule has 0 aliphatic carbocycles. The van der Waals surface area contributed by atoms with Crippen LogP contribution in [0.4, 0.5) is 24.5 Å². The van der Waals surface area contributed by atoms with Crippen molar-refractivity contribution in [2.45, 2.75) is 12.7 Å². The molecule has 20 heavy (non-hydrogen) atoms.